The molecule has 2 aliphatic heterocycles. The fourth-order valence-corrected chi connectivity index (χ4v) is 4.56. The van der Waals surface area contributed by atoms with Gasteiger partial charge >= 0.3 is 12.0 Å². The number of rotatable bonds is 5. The summed E-state index contributed by atoms with van der Waals surface area (Å²) in [6.45, 7) is 0.660. The number of aliphatic carboxylic acids is 1. The van der Waals surface area contributed by atoms with E-state index in [1.165, 1.54) is 4.90 Å². The number of aliphatic hydroxyl groups excluding tert-OH is 1. The van der Waals surface area contributed by atoms with E-state index in [0.29, 0.717) is 24.3 Å². The second-order valence-corrected chi connectivity index (χ2v) is 8.52. The van der Waals surface area contributed by atoms with Crippen LogP contribution in [0.1, 0.15) is 19.3 Å². The summed E-state index contributed by atoms with van der Waals surface area (Å²) in [6.07, 6.45) is 0.672. The smallest absolute Gasteiger partial charge is 0.340 e. The van der Waals surface area contributed by atoms with Crippen LogP contribution in [0.15, 0.2) is 54.6 Å². The van der Waals surface area contributed by atoms with Crippen LogP contribution in [-0.2, 0) is 9.59 Å². The molecule has 0 bridgehead atoms. The monoisotopic (exact) mass is 472 g/mol. The van der Waals surface area contributed by atoms with Gasteiger partial charge < -0.3 is 25.3 Å². The Labute approximate surface area is 196 Å². The third kappa shape index (κ3) is 4.89. The van der Waals surface area contributed by atoms with Crippen molar-refractivity contribution in [2.45, 2.75) is 37.5 Å². The number of hydrogen-bond donors (Lipinski definition) is 3. The average Bonchev–Trinajstić information content (AvgIpc) is 3.46. The van der Waals surface area contributed by atoms with Crippen molar-refractivity contribution in [1.29, 1.82) is 0 Å². The van der Waals surface area contributed by atoms with E-state index in [0.717, 1.165) is 16.5 Å². The Morgan fingerprint density at radius 2 is 1.73 bits per heavy atom. The van der Waals surface area contributed by atoms with Crippen LogP contribution in [0.4, 0.5) is 21.9 Å². The summed E-state index contributed by atoms with van der Waals surface area (Å²) in [4.78, 5) is 40.4. The van der Waals surface area contributed by atoms with E-state index in [-0.39, 0.29) is 13.0 Å². The molecule has 0 radical (unpaired) electrons. The van der Waals surface area contributed by atoms with Crippen LogP contribution in [-0.4, -0.2) is 64.3 Å². The number of para-hydroxylation sites is 1. The third-order valence-corrected chi connectivity index (χ3v) is 6.32. The van der Waals surface area contributed by atoms with Gasteiger partial charge in [0.15, 0.2) is 0 Å². The van der Waals surface area contributed by atoms with Gasteiger partial charge in [0.2, 0.25) is 5.91 Å². The van der Waals surface area contributed by atoms with E-state index < -0.39 is 36.1 Å². The highest BCUT2D eigenvalue weighted by molar-refractivity contribution is 6.36. The quantitative estimate of drug-likeness (QED) is 0.577. The first-order valence-corrected chi connectivity index (χ1v) is 11.1. The molecule has 2 saturated heterocycles. The molecule has 0 spiro atoms. The third-order valence-electron chi connectivity index (χ3n) is 5.98. The lowest BCUT2D eigenvalue weighted by molar-refractivity contribution is -0.138. The Bertz CT molecular complexity index is 1020. The second kappa shape index (κ2) is 9.68. The number of aliphatic hydroxyl groups is 1. The summed E-state index contributed by atoms with van der Waals surface area (Å²) in [5.74, 6) is -1.28. The van der Waals surface area contributed by atoms with Crippen molar-refractivity contribution in [1.82, 2.24) is 4.90 Å². The van der Waals surface area contributed by atoms with Gasteiger partial charge in [0, 0.05) is 42.7 Å². The molecule has 2 heterocycles. The number of carboxylic acid groups (broad SMARTS) is 1. The van der Waals surface area contributed by atoms with Crippen LogP contribution in [0.5, 0.6) is 0 Å². The molecule has 33 heavy (non-hydrogen) atoms. The van der Waals surface area contributed by atoms with Gasteiger partial charge in [-0.2, -0.15) is 0 Å². The van der Waals surface area contributed by atoms with E-state index >= 15 is 0 Å². The van der Waals surface area contributed by atoms with E-state index in [1.54, 1.807) is 54.6 Å². The van der Waals surface area contributed by atoms with E-state index in [1.807, 2.05) is 4.90 Å². The minimum atomic E-state index is -0.882. The number of amides is 3. The number of nitrogens with zero attached hydrogens (tertiary/aromatic N) is 3. The van der Waals surface area contributed by atoms with Crippen LogP contribution >= 0.6 is 11.8 Å². The highest BCUT2D eigenvalue weighted by Gasteiger charge is 2.41. The molecular formula is C23H25ClN4O5. The maximum absolute atomic E-state index is 13.0. The number of likely N-dealkylation sites (tertiary alicyclic amines) is 1. The van der Waals surface area contributed by atoms with Gasteiger partial charge in [-0.1, -0.05) is 18.2 Å². The van der Waals surface area contributed by atoms with Crippen molar-refractivity contribution in [2.75, 3.05) is 27.7 Å². The molecule has 2 aromatic carbocycles. The largest absolute Gasteiger partial charge is 0.480 e. The Hall–Kier alpha value is -3.30. The normalized spacial score (nSPS) is 22.3. The van der Waals surface area contributed by atoms with Crippen LogP contribution in [0.3, 0.4) is 0 Å². The number of anilines is 3. The zero-order chi connectivity index (χ0) is 23.5. The first-order valence-electron chi connectivity index (χ1n) is 10.7. The molecule has 3 unspecified atom stereocenters. The SMILES string of the molecule is O=C(Nc1ccc(N2CCCC2C(=O)O)cc1)C1CC(O)CN1C(=O)N(Cl)c1ccccc1. The zero-order valence-electron chi connectivity index (χ0n) is 17.8. The second-order valence-electron chi connectivity index (χ2n) is 8.18. The maximum atomic E-state index is 13.0. The van der Waals surface area contributed by atoms with Gasteiger partial charge in [-0.25, -0.2) is 14.0 Å². The molecule has 3 N–H and O–H groups in total. The summed E-state index contributed by atoms with van der Waals surface area (Å²) >= 11 is 6.21. The van der Waals surface area contributed by atoms with Gasteiger partial charge in [0.25, 0.3) is 0 Å². The number of carbonyl (C=O) groups is 3. The van der Waals surface area contributed by atoms with E-state index in [9.17, 15) is 24.6 Å². The van der Waals surface area contributed by atoms with Gasteiger partial charge in [0.1, 0.15) is 12.1 Å². The van der Waals surface area contributed by atoms with E-state index in [2.05, 4.69) is 5.32 Å². The number of hydrogen-bond acceptors (Lipinski definition) is 5. The van der Waals surface area contributed by atoms with Gasteiger partial charge in [-0.3, -0.25) is 4.79 Å². The Kier molecular flexibility index (Phi) is 6.71. The number of nitrogens with one attached hydrogen (secondary N) is 1. The molecule has 174 valence electrons. The van der Waals surface area contributed by atoms with Crippen molar-refractivity contribution >= 4 is 46.7 Å². The van der Waals surface area contributed by atoms with Gasteiger partial charge in [-0.15, -0.1) is 0 Å². The van der Waals surface area contributed by atoms with Crippen LogP contribution in [0, 0.1) is 0 Å². The summed E-state index contributed by atoms with van der Waals surface area (Å²) in [5.41, 5.74) is 1.74. The van der Waals surface area contributed by atoms with Crippen LogP contribution in [0.2, 0.25) is 0 Å². The highest BCUT2D eigenvalue weighted by atomic mass is 35.5. The van der Waals surface area contributed by atoms with Crippen molar-refractivity contribution in [3.05, 3.63) is 54.6 Å². The fourth-order valence-electron chi connectivity index (χ4n) is 4.35. The minimum Gasteiger partial charge on any atom is -0.480 e. The number of β-amino-alcohol motifs (C(OH)–C–C–N with tert-alkyl or cyclic N) is 1. The summed E-state index contributed by atoms with van der Waals surface area (Å²) in [7, 11) is 0. The van der Waals surface area contributed by atoms with E-state index in [4.69, 9.17) is 11.8 Å². The van der Waals surface area contributed by atoms with Gasteiger partial charge in [-0.05, 0) is 49.2 Å². The highest BCUT2D eigenvalue weighted by Crippen LogP contribution is 2.28. The Balaban J connectivity index is 1.43. The molecule has 3 atom stereocenters. The number of carboxylic acids is 1. The van der Waals surface area contributed by atoms with Crippen molar-refractivity contribution in [3.8, 4) is 0 Å². The fraction of sp³-hybridized carbons (Fsp3) is 0.348. The zero-order valence-corrected chi connectivity index (χ0v) is 18.6. The molecular weight excluding hydrogens is 448 g/mol. The lowest BCUT2D eigenvalue weighted by Crippen LogP contribution is -2.47. The number of carbonyl (C=O) groups excluding carboxylic acids is 2. The number of halogens is 1. The maximum Gasteiger partial charge on any atom is 0.340 e. The van der Waals surface area contributed by atoms with Crippen molar-refractivity contribution < 1.29 is 24.6 Å². The topological polar surface area (TPSA) is 113 Å². The summed E-state index contributed by atoms with van der Waals surface area (Å²) in [5, 5.41) is 22.3. The molecule has 0 saturated carbocycles. The molecule has 0 aromatic heterocycles. The predicted molar refractivity (Wildman–Crippen MR) is 124 cm³/mol. The number of benzene rings is 2. The molecule has 3 amide bonds. The average molecular weight is 473 g/mol. The summed E-state index contributed by atoms with van der Waals surface area (Å²) in [6, 6.07) is 13.5. The van der Waals surface area contributed by atoms with Gasteiger partial charge in [0.05, 0.1) is 11.8 Å². The molecule has 4 rings (SSSR count). The molecule has 9 nitrogen and oxygen atoms in total. The van der Waals surface area contributed by atoms with Crippen molar-refractivity contribution in [2.24, 2.45) is 0 Å². The Morgan fingerprint density at radius 1 is 1.03 bits per heavy atom. The Morgan fingerprint density at radius 3 is 2.39 bits per heavy atom. The molecule has 0 aliphatic carbocycles. The lowest BCUT2D eigenvalue weighted by Gasteiger charge is -2.27. The van der Waals surface area contributed by atoms with Crippen molar-refractivity contribution in [3.63, 3.8) is 0 Å². The van der Waals surface area contributed by atoms with Crippen LogP contribution in [0.25, 0.3) is 0 Å². The molecule has 2 aliphatic rings. The standard InChI is InChI=1S/C23H25ClN4O5/c24-28(17-5-2-1-3-6-17)23(33)27-14-18(29)13-20(27)21(30)25-15-8-10-16(11-9-15)26-12-4-7-19(26)22(31)32/h1-3,5-6,8-11,18-20,29H,4,7,12-14H2,(H,25,30)(H,31,32). The molecule has 2 aromatic rings. The first-order chi connectivity index (χ1) is 15.8. The van der Waals surface area contributed by atoms with Crippen LogP contribution < -0.4 is 14.6 Å². The lowest BCUT2D eigenvalue weighted by atomic mass is 10.1. The molecule has 2 fully saturated rings. The summed E-state index contributed by atoms with van der Waals surface area (Å²) < 4.78 is 0.933. The predicted octanol–water partition coefficient (Wildman–Crippen LogP) is 2.89. The number of urea groups is 1. The minimum absolute atomic E-state index is 0.00253. The molecule has 10 heteroatoms. The first kappa shape index (κ1) is 22.9.